The maximum Gasteiger partial charge on any atom is 0.416 e. The van der Waals surface area contributed by atoms with Crippen molar-refractivity contribution in [2.75, 3.05) is 37.4 Å². The van der Waals surface area contributed by atoms with E-state index in [2.05, 4.69) is 10.6 Å². The zero-order valence-electron chi connectivity index (χ0n) is 25.1. The summed E-state index contributed by atoms with van der Waals surface area (Å²) in [5.74, 6) is -0.662. The zero-order valence-corrected chi connectivity index (χ0v) is 25.9. The molecule has 0 bridgehead atoms. The van der Waals surface area contributed by atoms with Crippen LogP contribution in [0.2, 0.25) is 0 Å². The number of hydrogen-bond acceptors (Lipinski definition) is 6. The Kier molecular flexibility index (Phi) is 10.1. The van der Waals surface area contributed by atoms with Gasteiger partial charge in [-0.1, -0.05) is 24.6 Å². The van der Waals surface area contributed by atoms with Crippen molar-refractivity contribution in [3.8, 4) is 5.75 Å². The molecule has 242 valence electrons. The number of fused-ring (bicyclic) bond motifs is 1. The Morgan fingerprint density at radius 3 is 2.27 bits per heavy atom. The molecule has 45 heavy (non-hydrogen) atoms. The molecule has 1 aliphatic heterocycles. The first-order chi connectivity index (χ1) is 21.1. The van der Waals surface area contributed by atoms with E-state index in [9.17, 15) is 36.3 Å². The van der Waals surface area contributed by atoms with E-state index in [0.717, 1.165) is 29.8 Å². The second-order valence-electron chi connectivity index (χ2n) is 11.1. The van der Waals surface area contributed by atoms with Crippen molar-refractivity contribution >= 4 is 33.3 Å². The van der Waals surface area contributed by atoms with E-state index in [1.807, 2.05) is 13.8 Å². The van der Waals surface area contributed by atoms with E-state index < -0.39 is 45.8 Å². The first-order valence-electron chi connectivity index (χ1n) is 14.1. The SMILES string of the molecule is Cc1ccc(S(=O)(=O)N(C)C[C@@H]2Oc3ccc(NC(=O)Nc4ccc(C(F)(F)F)cc4)cc3C(=O)N([C@H](C)CO)C[C@H]2C)cc1. The molecule has 0 radical (unpaired) electrons. The van der Waals surface area contributed by atoms with Crippen molar-refractivity contribution in [1.29, 1.82) is 0 Å². The third kappa shape index (κ3) is 7.93. The normalized spacial score (nSPS) is 18.0. The minimum Gasteiger partial charge on any atom is -0.488 e. The second kappa shape index (κ2) is 13.5. The standard InChI is InChI=1S/C31H35F3N4O6S/c1-19-5-12-25(13-6-19)45(42,43)37(4)17-28-20(2)16-38(21(3)18-39)29(40)26-15-24(11-14-27(26)44-28)36-30(41)35-23-9-7-22(8-10-23)31(32,33)34/h5-15,20-21,28,39H,16-18H2,1-4H3,(H2,35,36,41)/t20-,21-,28+/m1/s1. The summed E-state index contributed by atoms with van der Waals surface area (Å²) in [7, 11) is -2.40. The molecule has 0 spiro atoms. The van der Waals surface area contributed by atoms with Crippen LogP contribution in [0.1, 0.15) is 35.3 Å². The van der Waals surface area contributed by atoms with E-state index in [-0.39, 0.29) is 53.2 Å². The van der Waals surface area contributed by atoms with E-state index in [1.165, 1.54) is 46.6 Å². The molecule has 3 aromatic carbocycles. The zero-order chi connectivity index (χ0) is 33.1. The molecule has 1 aliphatic rings. The van der Waals surface area contributed by atoms with Gasteiger partial charge in [0.2, 0.25) is 10.0 Å². The number of nitrogens with one attached hydrogen (secondary N) is 2. The molecule has 3 aromatic rings. The quantitative estimate of drug-likeness (QED) is 0.308. The highest BCUT2D eigenvalue weighted by Crippen LogP contribution is 2.32. The highest BCUT2D eigenvalue weighted by molar-refractivity contribution is 7.89. The Bertz CT molecular complexity index is 1630. The van der Waals surface area contributed by atoms with Gasteiger partial charge in [0, 0.05) is 30.9 Å². The maximum atomic E-state index is 13.7. The first-order valence-corrected chi connectivity index (χ1v) is 15.5. The molecule has 0 aliphatic carbocycles. The molecule has 10 nitrogen and oxygen atoms in total. The number of urea groups is 1. The van der Waals surface area contributed by atoms with E-state index in [1.54, 1.807) is 19.1 Å². The fourth-order valence-corrected chi connectivity index (χ4v) is 5.98. The van der Waals surface area contributed by atoms with Gasteiger partial charge < -0.3 is 25.4 Å². The number of hydrogen-bond donors (Lipinski definition) is 3. The molecule has 3 N–H and O–H groups in total. The van der Waals surface area contributed by atoms with Crippen LogP contribution in [0.4, 0.5) is 29.3 Å². The second-order valence-corrected chi connectivity index (χ2v) is 13.1. The van der Waals surface area contributed by atoms with Gasteiger partial charge in [0.15, 0.2) is 0 Å². The number of amides is 3. The van der Waals surface area contributed by atoms with Crippen molar-refractivity contribution in [2.45, 2.75) is 44.0 Å². The minimum absolute atomic E-state index is 0.0398. The number of carbonyl (C=O) groups is 2. The molecule has 0 aromatic heterocycles. The third-order valence-electron chi connectivity index (χ3n) is 7.56. The van der Waals surface area contributed by atoms with Crippen molar-refractivity contribution in [1.82, 2.24) is 9.21 Å². The summed E-state index contributed by atoms with van der Waals surface area (Å²) < 4.78 is 72.6. The van der Waals surface area contributed by atoms with Crippen LogP contribution in [0.3, 0.4) is 0 Å². The van der Waals surface area contributed by atoms with Crippen LogP contribution in [-0.4, -0.2) is 73.6 Å². The van der Waals surface area contributed by atoms with Gasteiger partial charge in [0.25, 0.3) is 5.91 Å². The number of carbonyl (C=O) groups excluding carboxylic acids is 2. The van der Waals surface area contributed by atoms with Crippen LogP contribution in [0.15, 0.2) is 71.6 Å². The summed E-state index contributed by atoms with van der Waals surface area (Å²) in [6, 6.07) is 13.4. The molecule has 3 atom stereocenters. The van der Waals surface area contributed by atoms with Crippen LogP contribution < -0.4 is 15.4 Å². The smallest absolute Gasteiger partial charge is 0.416 e. The number of ether oxygens (including phenoxy) is 1. The molecular weight excluding hydrogens is 613 g/mol. The lowest BCUT2D eigenvalue weighted by Gasteiger charge is -2.38. The molecule has 0 saturated carbocycles. The summed E-state index contributed by atoms with van der Waals surface area (Å²) >= 11 is 0. The largest absolute Gasteiger partial charge is 0.488 e. The van der Waals surface area contributed by atoms with Crippen LogP contribution in [0, 0.1) is 12.8 Å². The summed E-state index contributed by atoms with van der Waals surface area (Å²) in [5.41, 5.74) is 0.441. The maximum absolute atomic E-state index is 13.7. The van der Waals surface area contributed by atoms with Gasteiger partial charge in [0.05, 0.1) is 35.2 Å². The molecule has 1 heterocycles. The average Bonchev–Trinajstić information content (AvgIpc) is 2.98. The summed E-state index contributed by atoms with van der Waals surface area (Å²) in [4.78, 5) is 27.9. The number of halogens is 3. The van der Waals surface area contributed by atoms with Crippen LogP contribution >= 0.6 is 0 Å². The number of aliphatic hydroxyl groups excluding tert-OH is 1. The Hall–Kier alpha value is -4.14. The highest BCUT2D eigenvalue weighted by Gasteiger charge is 2.35. The van der Waals surface area contributed by atoms with E-state index in [4.69, 9.17) is 4.74 Å². The lowest BCUT2D eigenvalue weighted by Crippen LogP contribution is -2.50. The monoisotopic (exact) mass is 648 g/mol. The highest BCUT2D eigenvalue weighted by atomic mass is 32.2. The van der Waals surface area contributed by atoms with Crippen molar-refractivity contribution in [3.63, 3.8) is 0 Å². The number of benzene rings is 3. The molecule has 4 rings (SSSR count). The minimum atomic E-state index is -4.51. The predicted octanol–water partition coefficient (Wildman–Crippen LogP) is 5.20. The molecule has 0 fully saturated rings. The van der Waals surface area contributed by atoms with Crippen molar-refractivity contribution < 1.29 is 41.0 Å². The Balaban J connectivity index is 1.58. The van der Waals surface area contributed by atoms with E-state index >= 15 is 0 Å². The van der Waals surface area contributed by atoms with Gasteiger partial charge >= 0.3 is 12.2 Å². The van der Waals surface area contributed by atoms with Crippen LogP contribution in [-0.2, 0) is 16.2 Å². The number of sulfonamides is 1. The Labute approximate surface area is 259 Å². The molecule has 14 heteroatoms. The van der Waals surface area contributed by atoms with Gasteiger partial charge in [-0.2, -0.15) is 17.5 Å². The average molecular weight is 649 g/mol. The summed E-state index contributed by atoms with van der Waals surface area (Å²) in [5, 5.41) is 14.9. The molecular formula is C31H35F3N4O6S. The van der Waals surface area contributed by atoms with Gasteiger partial charge in [-0.25, -0.2) is 13.2 Å². The third-order valence-corrected chi connectivity index (χ3v) is 9.40. The van der Waals surface area contributed by atoms with Gasteiger partial charge in [-0.15, -0.1) is 0 Å². The lowest BCUT2D eigenvalue weighted by molar-refractivity contribution is -0.137. The molecule has 0 saturated heterocycles. The first kappa shape index (κ1) is 33.7. The summed E-state index contributed by atoms with van der Waals surface area (Å²) in [6.07, 6.45) is -5.21. The van der Waals surface area contributed by atoms with E-state index in [0.29, 0.717) is 0 Å². The molecule has 0 unspecified atom stereocenters. The lowest BCUT2D eigenvalue weighted by atomic mass is 9.99. The molecule has 3 amide bonds. The van der Waals surface area contributed by atoms with Gasteiger partial charge in [-0.3, -0.25) is 4.79 Å². The summed E-state index contributed by atoms with van der Waals surface area (Å²) in [6.45, 7) is 5.14. The van der Waals surface area contributed by atoms with Crippen molar-refractivity contribution in [2.24, 2.45) is 5.92 Å². The fourth-order valence-electron chi connectivity index (χ4n) is 4.80. The Morgan fingerprint density at radius 1 is 1.07 bits per heavy atom. The number of nitrogens with zero attached hydrogens (tertiary/aromatic N) is 2. The van der Waals surface area contributed by atoms with Gasteiger partial charge in [0.1, 0.15) is 11.9 Å². The Morgan fingerprint density at radius 2 is 1.67 bits per heavy atom. The number of likely N-dealkylation sites (N-methyl/N-ethyl adjacent to an activating group) is 1. The predicted molar refractivity (Wildman–Crippen MR) is 163 cm³/mol. The van der Waals surface area contributed by atoms with Crippen molar-refractivity contribution in [3.05, 3.63) is 83.4 Å². The fraction of sp³-hybridized carbons (Fsp3) is 0.355. The van der Waals surface area contributed by atoms with Crippen LogP contribution in [0.5, 0.6) is 5.75 Å². The topological polar surface area (TPSA) is 128 Å². The van der Waals surface area contributed by atoms with Gasteiger partial charge in [-0.05, 0) is 68.4 Å². The number of alkyl halides is 3. The number of anilines is 2. The number of aliphatic hydroxyl groups is 1. The number of aryl methyl sites for hydroxylation is 1. The van der Waals surface area contributed by atoms with Crippen LogP contribution in [0.25, 0.3) is 0 Å². The number of rotatable bonds is 8.